The molecule has 0 aromatic heterocycles. The van der Waals surface area contributed by atoms with Crippen LogP contribution in [0.1, 0.15) is 119 Å². The van der Waals surface area contributed by atoms with Gasteiger partial charge in [-0.2, -0.15) is 0 Å². The molecule has 16 aromatic carbocycles. The van der Waals surface area contributed by atoms with Gasteiger partial charge in [-0.3, -0.25) is 0 Å². The summed E-state index contributed by atoms with van der Waals surface area (Å²) in [5, 5.41) is 10.6. The molecule has 0 radical (unpaired) electrons. The Morgan fingerprint density at radius 3 is 0.954 bits per heavy atom. The maximum absolute atomic E-state index is 2.59. The predicted molar refractivity (Wildman–Crippen MR) is 473 cm³/mol. The van der Waals surface area contributed by atoms with Crippen LogP contribution in [0.2, 0.25) is 0 Å². The maximum Gasteiger partial charge on any atom is 0.0462 e. The summed E-state index contributed by atoms with van der Waals surface area (Å²) >= 11 is 0. The molecule has 0 spiro atoms. The van der Waals surface area contributed by atoms with E-state index in [2.05, 4.69) is 390 Å². The van der Waals surface area contributed by atoms with E-state index in [0.717, 1.165) is 47.0 Å². The number of aryl methyl sites for hydroxylation is 5. The topological polar surface area (TPSA) is 6.48 Å². The standard InChI is InChI=1S/C71H71N.C36H29N/c1-4-6-8-10-12-15-28-58-37-36-55-27-19-20-31-65(55)70(58)71-59(29-16-13-11-9-7-5-2)51-69(67-33-23-24-34-68(67)71)57-42-48-62(49-43-57)72(60-44-38-54(39-45-60)53-25-17-14-18-26-53)61-46-40-56(41-47-61)64-50-35-52(3)63-30-21-22-32-66(63)64;1-26-12-19-31(20-13-26)37(32-21-15-29(16-22-32)28-8-4-3-5-9-28)33-23-17-30(18-24-33)35-25-14-27(2)34-10-6-7-11-36(34)35/h14,17-27,30-51H,4-13,15-16,28-29H2,1-3H3;3-25H,1-2H3. The minimum absolute atomic E-state index is 1.07. The summed E-state index contributed by atoms with van der Waals surface area (Å²) in [5.41, 5.74) is 28.9. The molecular weight excluding hydrogens is 1310 g/mol. The first-order valence-electron chi connectivity index (χ1n) is 40.1. The van der Waals surface area contributed by atoms with Crippen molar-refractivity contribution in [2.45, 2.75) is 125 Å². The van der Waals surface area contributed by atoms with E-state index in [4.69, 9.17) is 0 Å². The molecule has 0 heterocycles. The lowest BCUT2D eigenvalue weighted by Crippen LogP contribution is -2.09. The second-order valence-electron chi connectivity index (χ2n) is 29.8. The normalized spacial score (nSPS) is 11.3. The number of fused-ring (bicyclic) bond motifs is 4. The summed E-state index contributed by atoms with van der Waals surface area (Å²) in [6.45, 7) is 11.1. The first-order valence-corrected chi connectivity index (χ1v) is 40.1. The van der Waals surface area contributed by atoms with Gasteiger partial charge in [0.15, 0.2) is 0 Å². The van der Waals surface area contributed by atoms with Crippen LogP contribution in [0.25, 0.3) is 110 Å². The number of anilines is 6. The highest BCUT2D eigenvalue weighted by molar-refractivity contribution is 6.12. The third-order valence-corrected chi connectivity index (χ3v) is 22.3. The van der Waals surface area contributed by atoms with Crippen LogP contribution in [-0.2, 0) is 12.8 Å². The van der Waals surface area contributed by atoms with Crippen LogP contribution in [0.15, 0.2) is 346 Å². The number of hydrogen-bond donors (Lipinski definition) is 0. The molecule has 0 atom stereocenters. The molecule has 16 aromatic rings. The summed E-state index contributed by atoms with van der Waals surface area (Å²) in [5.74, 6) is 0. The van der Waals surface area contributed by atoms with Gasteiger partial charge in [-0.05, 0) is 257 Å². The number of rotatable bonds is 26. The van der Waals surface area contributed by atoms with Crippen molar-refractivity contribution < 1.29 is 0 Å². The number of nitrogens with zero attached hydrogens (tertiary/aromatic N) is 2. The lowest BCUT2D eigenvalue weighted by atomic mass is 9.82. The average molecular weight is 1410 g/mol. The van der Waals surface area contributed by atoms with E-state index in [0.29, 0.717) is 0 Å². The fourth-order valence-corrected chi connectivity index (χ4v) is 16.4. The van der Waals surface area contributed by atoms with Gasteiger partial charge in [0.1, 0.15) is 0 Å². The maximum atomic E-state index is 2.59. The summed E-state index contributed by atoms with van der Waals surface area (Å²) < 4.78 is 0. The van der Waals surface area contributed by atoms with E-state index in [1.54, 1.807) is 0 Å². The molecular formula is C107H100N2. The average Bonchev–Trinajstić information content (AvgIpc) is 0.743. The van der Waals surface area contributed by atoms with Gasteiger partial charge >= 0.3 is 0 Å². The van der Waals surface area contributed by atoms with Gasteiger partial charge in [0.2, 0.25) is 0 Å². The zero-order valence-electron chi connectivity index (χ0n) is 64.2. The van der Waals surface area contributed by atoms with Crippen LogP contribution in [0.3, 0.4) is 0 Å². The van der Waals surface area contributed by atoms with Gasteiger partial charge in [-0.25, -0.2) is 0 Å². The Kier molecular flexibility index (Phi) is 23.2. The molecule has 0 bridgehead atoms. The van der Waals surface area contributed by atoms with Crippen molar-refractivity contribution in [2.24, 2.45) is 0 Å². The Bertz CT molecular complexity index is 5680. The van der Waals surface area contributed by atoms with Gasteiger partial charge in [0.25, 0.3) is 0 Å². The first-order chi connectivity index (χ1) is 53.8. The molecule has 2 nitrogen and oxygen atoms in total. The smallest absolute Gasteiger partial charge is 0.0462 e. The molecule has 0 unspecified atom stereocenters. The molecule has 0 aliphatic carbocycles. The second-order valence-corrected chi connectivity index (χ2v) is 29.8. The second kappa shape index (κ2) is 34.8. The van der Waals surface area contributed by atoms with Crippen LogP contribution < -0.4 is 9.80 Å². The van der Waals surface area contributed by atoms with Crippen LogP contribution >= 0.6 is 0 Å². The van der Waals surface area contributed by atoms with Gasteiger partial charge in [-0.15, -0.1) is 0 Å². The molecule has 0 N–H and O–H groups in total. The van der Waals surface area contributed by atoms with Crippen LogP contribution in [-0.4, -0.2) is 0 Å². The highest BCUT2D eigenvalue weighted by Gasteiger charge is 2.22. The van der Waals surface area contributed by atoms with Crippen molar-refractivity contribution in [3.63, 3.8) is 0 Å². The number of hydrogen-bond acceptors (Lipinski definition) is 2. The van der Waals surface area contributed by atoms with E-state index in [1.807, 2.05) is 0 Å². The summed E-state index contributed by atoms with van der Waals surface area (Å²) in [6.07, 6.45) is 17.7. The number of benzene rings is 16. The van der Waals surface area contributed by atoms with E-state index in [9.17, 15) is 0 Å². The van der Waals surface area contributed by atoms with Crippen LogP contribution in [0.4, 0.5) is 34.1 Å². The Balaban J connectivity index is 0.000000213. The fraction of sp³-hybridized carbons (Fsp3) is 0.178. The summed E-state index contributed by atoms with van der Waals surface area (Å²) in [7, 11) is 0. The van der Waals surface area contributed by atoms with Crippen molar-refractivity contribution in [3.05, 3.63) is 374 Å². The fourth-order valence-electron chi connectivity index (χ4n) is 16.4. The van der Waals surface area contributed by atoms with Crippen molar-refractivity contribution in [2.75, 3.05) is 9.80 Å². The molecule has 16 rings (SSSR count). The Labute approximate surface area is 647 Å². The minimum Gasteiger partial charge on any atom is -0.311 e. The molecule has 0 aliphatic heterocycles. The molecule has 0 saturated heterocycles. The monoisotopic (exact) mass is 1410 g/mol. The highest BCUT2D eigenvalue weighted by atomic mass is 15.1. The van der Waals surface area contributed by atoms with E-state index >= 15 is 0 Å². The van der Waals surface area contributed by atoms with E-state index < -0.39 is 0 Å². The molecule has 538 valence electrons. The molecule has 0 amide bonds. The Morgan fingerprint density at radius 2 is 0.523 bits per heavy atom. The van der Waals surface area contributed by atoms with Crippen molar-refractivity contribution in [3.8, 4) is 66.8 Å². The largest absolute Gasteiger partial charge is 0.311 e. The molecule has 0 fully saturated rings. The molecule has 2 heteroatoms. The van der Waals surface area contributed by atoms with Crippen molar-refractivity contribution in [1.82, 2.24) is 0 Å². The zero-order chi connectivity index (χ0) is 74.3. The minimum atomic E-state index is 1.07. The molecule has 109 heavy (non-hydrogen) atoms. The van der Waals surface area contributed by atoms with Gasteiger partial charge in [0, 0.05) is 34.1 Å². The SMILES string of the molecule is CCCCCCCCc1ccc2ccccc2c1-c1c(CCCCCCCC)cc(-c2ccc(N(c3ccc(-c4ccccc4)cc3)c3ccc(-c4ccc(C)c5ccccc45)cc3)cc2)c2ccccc12.Cc1ccc(N(c2ccc(-c3ccccc3)cc2)c2ccc(-c3ccc(C)c4ccccc34)cc2)cc1. The molecule has 0 aliphatic rings. The lowest BCUT2D eigenvalue weighted by molar-refractivity contribution is 0.607. The van der Waals surface area contributed by atoms with Crippen molar-refractivity contribution >= 4 is 77.2 Å². The van der Waals surface area contributed by atoms with Gasteiger partial charge in [0.05, 0.1) is 0 Å². The summed E-state index contributed by atoms with van der Waals surface area (Å²) in [4.78, 5) is 4.73. The zero-order valence-corrected chi connectivity index (χ0v) is 64.2. The number of unbranched alkanes of at least 4 members (excludes halogenated alkanes) is 10. The highest BCUT2D eigenvalue weighted by Crippen LogP contribution is 2.47. The van der Waals surface area contributed by atoms with Crippen LogP contribution in [0, 0.1) is 20.8 Å². The van der Waals surface area contributed by atoms with Crippen molar-refractivity contribution in [1.29, 1.82) is 0 Å². The lowest BCUT2D eigenvalue weighted by Gasteiger charge is -2.26. The summed E-state index contributed by atoms with van der Waals surface area (Å²) in [6, 6.07) is 128. The third-order valence-electron chi connectivity index (χ3n) is 22.3. The van der Waals surface area contributed by atoms with Gasteiger partial charge in [-0.1, -0.05) is 351 Å². The van der Waals surface area contributed by atoms with Crippen LogP contribution in [0.5, 0.6) is 0 Å². The molecule has 0 saturated carbocycles. The quantitative estimate of drug-likeness (QED) is 0.0499. The van der Waals surface area contributed by atoms with E-state index in [1.165, 1.54) is 215 Å². The Hall–Kier alpha value is -11.8. The third kappa shape index (κ3) is 16.5. The predicted octanol–water partition coefficient (Wildman–Crippen LogP) is 31.7. The van der Waals surface area contributed by atoms with Gasteiger partial charge < -0.3 is 9.80 Å². The Morgan fingerprint density at radius 1 is 0.211 bits per heavy atom. The van der Waals surface area contributed by atoms with E-state index in [-0.39, 0.29) is 0 Å². The first kappa shape index (κ1) is 72.7.